The van der Waals surface area contributed by atoms with E-state index in [2.05, 4.69) is 326 Å². The highest BCUT2D eigenvalue weighted by molar-refractivity contribution is 6.03. The van der Waals surface area contributed by atoms with E-state index in [4.69, 9.17) is 0 Å². The van der Waals surface area contributed by atoms with Crippen molar-refractivity contribution in [1.82, 2.24) is 0 Å². The second-order valence-corrected chi connectivity index (χ2v) is 33.4. The van der Waals surface area contributed by atoms with E-state index in [1.54, 1.807) is 0 Å². The van der Waals surface area contributed by atoms with Crippen LogP contribution in [0.3, 0.4) is 0 Å². The fourth-order valence-electron chi connectivity index (χ4n) is 19.6. The molecule has 0 unspecified atom stereocenters. The zero-order valence-corrected chi connectivity index (χ0v) is 59.6. The van der Waals surface area contributed by atoms with E-state index < -0.39 is 0 Å². The van der Waals surface area contributed by atoms with Gasteiger partial charge in [0.15, 0.2) is 0 Å². The van der Waals surface area contributed by atoms with Gasteiger partial charge in [-0.2, -0.15) is 0 Å². The molecule has 99 heavy (non-hydrogen) atoms. The molecule has 5 aliphatic rings. The molecule has 0 nitrogen and oxygen atoms in total. The average molecular weight is 1280 g/mol. The highest BCUT2D eigenvalue weighted by Crippen LogP contribution is 2.62. The summed E-state index contributed by atoms with van der Waals surface area (Å²) in [5.74, 6) is 1.04. The van der Waals surface area contributed by atoms with Crippen LogP contribution in [-0.4, -0.2) is 0 Å². The van der Waals surface area contributed by atoms with Crippen LogP contribution in [0.2, 0.25) is 0 Å². The summed E-state index contributed by atoms with van der Waals surface area (Å²) in [6.45, 7) is 29.5. The van der Waals surface area contributed by atoms with Crippen molar-refractivity contribution in [2.45, 2.75) is 136 Å². The highest BCUT2D eigenvalue weighted by Gasteiger charge is 2.47. The van der Waals surface area contributed by atoms with Gasteiger partial charge in [-0.3, -0.25) is 0 Å². The minimum Gasteiger partial charge on any atom is -0.0628 e. The topological polar surface area (TPSA) is 0 Å². The number of benzene rings is 14. The van der Waals surface area contributed by atoms with E-state index in [1.165, 1.54) is 199 Å². The molecule has 19 rings (SSSR count). The molecule has 0 fully saturated rings. The Morgan fingerprint density at radius 3 is 0.657 bits per heavy atom. The molecule has 0 atom stereocenters. The molecule has 0 saturated heterocycles. The molecule has 0 spiro atoms. The van der Waals surface area contributed by atoms with Gasteiger partial charge in [0.2, 0.25) is 0 Å². The summed E-state index contributed by atoms with van der Waals surface area (Å²) in [6.07, 6.45) is 4.37. The fraction of sp³-hybridized carbons (Fsp3) is 0.232. The molecule has 0 N–H and O–H groups in total. The van der Waals surface area contributed by atoms with E-state index in [0.29, 0.717) is 11.8 Å². The summed E-state index contributed by atoms with van der Waals surface area (Å²) in [5, 5.41) is 10.4. The fourth-order valence-corrected chi connectivity index (χ4v) is 19.6. The lowest BCUT2D eigenvalue weighted by Gasteiger charge is -2.35. The zero-order chi connectivity index (χ0) is 67.6. The van der Waals surface area contributed by atoms with Crippen LogP contribution in [0.4, 0.5) is 0 Å². The van der Waals surface area contributed by atoms with Crippen molar-refractivity contribution in [3.05, 3.63) is 298 Å². The maximum atomic E-state index is 2.76. The van der Waals surface area contributed by atoms with Gasteiger partial charge >= 0.3 is 0 Å². The molecule has 0 heteroatoms. The van der Waals surface area contributed by atoms with Gasteiger partial charge in [-0.05, 0) is 333 Å². The Balaban J connectivity index is 0.877. The Kier molecular flexibility index (Phi) is 12.8. The SMILES string of the molecule is CC(C)CCC1(CCC(C)C)c2cc(-c3ccc4c(c3)C(C)(C)c3cc5ccccc5cc3-4)c(-c3ccc4c(c3)C(C)(C)c3cc5ccccc5cc3-4)cc2-c2cc(-c3ccc4c(c3)C(C)(C)c3cc5ccccc5cc3-4)c(-c3ccc4c(c3)C(C)(C)c3cc5ccccc5cc3-4)cc21. The normalized spacial score (nSPS) is 16.0. The second-order valence-electron chi connectivity index (χ2n) is 33.4. The first-order valence-corrected chi connectivity index (χ1v) is 36.8. The molecule has 0 aromatic heterocycles. The average Bonchev–Trinajstić information content (AvgIpc) is 1.53. The Bertz CT molecular complexity index is 5500. The third-order valence-electron chi connectivity index (χ3n) is 25.3. The molecular formula is C99H86. The van der Waals surface area contributed by atoms with Crippen LogP contribution in [-0.2, 0) is 27.1 Å². The van der Waals surface area contributed by atoms with Gasteiger partial charge in [-0.25, -0.2) is 0 Å². The van der Waals surface area contributed by atoms with Crippen LogP contribution < -0.4 is 0 Å². The van der Waals surface area contributed by atoms with Gasteiger partial charge in [0.25, 0.3) is 0 Å². The molecule has 0 heterocycles. The van der Waals surface area contributed by atoms with Gasteiger partial charge in [0.05, 0.1) is 0 Å². The Hall–Kier alpha value is -9.88. The predicted molar refractivity (Wildman–Crippen MR) is 423 cm³/mol. The van der Waals surface area contributed by atoms with Crippen molar-refractivity contribution in [3.63, 3.8) is 0 Å². The second kappa shape index (κ2) is 21.1. The van der Waals surface area contributed by atoms with Gasteiger partial charge in [0, 0.05) is 27.1 Å². The van der Waals surface area contributed by atoms with Crippen LogP contribution in [0.1, 0.15) is 164 Å². The molecule has 14 aromatic carbocycles. The summed E-state index contributed by atoms with van der Waals surface area (Å²) in [7, 11) is 0. The minimum absolute atomic E-state index is 0.205. The number of fused-ring (bicyclic) bond motifs is 19. The first-order valence-electron chi connectivity index (χ1n) is 36.8. The Labute approximate surface area is 585 Å². The molecule has 14 aromatic rings. The lowest BCUT2D eigenvalue weighted by atomic mass is 9.68. The van der Waals surface area contributed by atoms with Crippen LogP contribution in [0.5, 0.6) is 0 Å². The first-order chi connectivity index (χ1) is 47.6. The summed E-state index contributed by atoms with van der Waals surface area (Å²) in [4.78, 5) is 0. The molecular weight excluding hydrogens is 1190 g/mol. The van der Waals surface area contributed by atoms with Crippen LogP contribution in [0.15, 0.2) is 243 Å². The predicted octanol–water partition coefficient (Wildman–Crippen LogP) is 27.3. The van der Waals surface area contributed by atoms with Crippen molar-refractivity contribution < 1.29 is 0 Å². The summed E-state index contributed by atoms with van der Waals surface area (Å²) >= 11 is 0. The van der Waals surface area contributed by atoms with Crippen molar-refractivity contribution in [3.8, 4) is 100 Å². The third-order valence-corrected chi connectivity index (χ3v) is 25.3. The maximum absolute atomic E-state index is 2.76. The third kappa shape index (κ3) is 8.70. The Morgan fingerprint density at radius 1 is 0.202 bits per heavy atom. The molecule has 0 aliphatic heterocycles. The van der Waals surface area contributed by atoms with Gasteiger partial charge < -0.3 is 0 Å². The summed E-state index contributed by atoms with van der Waals surface area (Å²) in [5.41, 5.74) is 37.1. The smallest absolute Gasteiger partial charge is 0.0215 e. The van der Waals surface area contributed by atoms with Crippen molar-refractivity contribution in [2.24, 2.45) is 11.8 Å². The summed E-state index contributed by atoms with van der Waals surface area (Å²) < 4.78 is 0. The van der Waals surface area contributed by atoms with E-state index in [0.717, 1.165) is 25.7 Å². The van der Waals surface area contributed by atoms with E-state index >= 15 is 0 Å². The van der Waals surface area contributed by atoms with Crippen molar-refractivity contribution >= 4 is 43.1 Å². The number of hydrogen-bond donors (Lipinski definition) is 0. The molecule has 0 bridgehead atoms. The largest absolute Gasteiger partial charge is 0.0628 e. The molecule has 0 amide bonds. The van der Waals surface area contributed by atoms with Crippen molar-refractivity contribution in [2.75, 3.05) is 0 Å². The molecule has 0 radical (unpaired) electrons. The van der Waals surface area contributed by atoms with Gasteiger partial charge in [-0.1, -0.05) is 229 Å². The van der Waals surface area contributed by atoms with Gasteiger partial charge in [0.1, 0.15) is 0 Å². The molecule has 5 aliphatic carbocycles. The lowest BCUT2D eigenvalue weighted by molar-refractivity contribution is 0.364. The number of hydrogen-bond acceptors (Lipinski definition) is 0. The standard InChI is InChI=1S/C99H86/c1-57(2)37-39-99(40-38-58(3)4)93-55-77(69-31-35-73-81-43-61-23-15-19-27-65(61)47-91(81)97(9,10)87(73)51-69)75(67-29-33-71-79-41-59-21-13-17-25-63(59)45-89(79)95(5,6)85(71)49-67)53-83(93)84-54-76(68-30-34-72-80-42-60-22-14-18-26-64(60)46-90(80)96(7,8)86(72)50-68)78(56-94(84)99)70-32-36-74-82-44-62-24-16-20-28-66(62)48-92(82)98(11,12)88(74)52-70/h13-36,41-58H,37-40H2,1-12H3. The first kappa shape index (κ1) is 60.3. The number of rotatable bonds is 10. The van der Waals surface area contributed by atoms with Crippen molar-refractivity contribution in [1.29, 1.82) is 0 Å². The highest BCUT2D eigenvalue weighted by atomic mass is 14.5. The molecule has 0 saturated carbocycles. The monoisotopic (exact) mass is 1270 g/mol. The minimum atomic E-state index is -0.272. The van der Waals surface area contributed by atoms with Crippen LogP contribution >= 0.6 is 0 Å². The maximum Gasteiger partial charge on any atom is 0.0215 e. The van der Waals surface area contributed by atoms with Gasteiger partial charge in [-0.15, -0.1) is 0 Å². The quantitative estimate of drug-likeness (QED) is 0.128. The Morgan fingerprint density at radius 2 is 0.414 bits per heavy atom. The van der Waals surface area contributed by atoms with E-state index in [-0.39, 0.29) is 27.1 Å². The zero-order valence-electron chi connectivity index (χ0n) is 59.6. The van der Waals surface area contributed by atoms with E-state index in [1.807, 2.05) is 0 Å². The molecule has 482 valence electrons. The lowest BCUT2D eigenvalue weighted by Crippen LogP contribution is -2.27. The van der Waals surface area contributed by atoms with E-state index in [9.17, 15) is 0 Å². The van der Waals surface area contributed by atoms with Crippen LogP contribution in [0, 0.1) is 11.8 Å². The van der Waals surface area contributed by atoms with Crippen LogP contribution in [0.25, 0.3) is 143 Å². The summed E-state index contributed by atoms with van der Waals surface area (Å²) in [6, 6.07) is 96.6.